The molecule has 150 valence electrons. The van der Waals surface area contributed by atoms with Gasteiger partial charge in [0.05, 0.1) is 10.5 Å². The second-order valence-corrected chi connectivity index (χ2v) is 8.87. The van der Waals surface area contributed by atoms with E-state index >= 15 is 0 Å². The molecule has 27 heavy (non-hydrogen) atoms. The average molecular weight is 395 g/mol. The lowest BCUT2D eigenvalue weighted by molar-refractivity contribution is 0.0697. The van der Waals surface area contributed by atoms with E-state index in [1.807, 2.05) is 6.92 Å². The third-order valence-electron chi connectivity index (χ3n) is 4.78. The van der Waals surface area contributed by atoms with Gasteiger partial charge in [0, 0.05) is 18.3 Å². The van der Waals surface area contributed by atoms with E-state index in [2.05, 4.69) is 23.0 Å². The van der Waals surface area contributed by atoms with Crippen molar-refractivity contribution in [1.82, 2.24) is 4.72 Å². The first-order chi connectivity index (χ1) is 12.8. The topological polar surface area (TPSA) is 95.5 Å². The van der Waals surface area contributed by atoms with Gasteiger partial charge in [-0.25, -0.2) is 17.9 Å². The van der Waals surface area contributed by atoms with Crippen LogP contribution in [-0.2, 0) is 10.0 Å². The van der Waals surface area contributed by atoms with Gasteiger partial charge in [-0.2, -0.15) is 0 Å². The number of hydrogen-bond acceptors (Lipinski definition) is 4. The second-order valence-electron chi connectivity index (χ2n) is 7.10. The fourth-order valence-corrected chi connectivity index (χ4v) is 4.38. The molecule has 0 spiro atoms. The highest BCUT2D eigenvalue weighted by Crippen LogP contribution is 2.23. The van der Waals surface area contributed by atoms with Crippen LogP contribution in [0.5, 0.6) is 0 Å². The summed E-state index contributed by atoms with van der Waals surface area (Å²) in [6, 6.07) is 4.33. The van der Waals surface area contributed by atoms with Crippen molar-refractivity contribution in [3.8, 4) is 0 Å². The molecule has 0 aromatic heterocycles. The molecule has 0 saturated carbocycles. The Hall–Kier alpha value is -1.86. The first kappa shape index (κ1) is 21.4. The van der Waals surface area contributed by atoms with Crippen LogP contribution in [0.15, 0.2) is 34.7 Å². The van der Waals surface area contributed by atoms with Crippen LogP contribution in [0.25, 0.3) is 0 Å². The van der Waals surface area contributed by atoms with Gasteiger partial charge in [0.15, 0.2) is 0 Å². The molecule has 1 aromatic rings. The second kappa shape index (κ2) is 9.90. The van der Waals surface area contributed by atoms with Gasteiger partial charge < -0.3 is 10.4 Å². The Bertz CT molecular complexity index is 787. The molecule has 7 heteroatoms. The molecule has 0 amide bonds. The zero-order valence-electron chi connectivity index (χ0n) is 16.1. The number of allylic oxidation sites excluding steroid dienone is 1. The third-order valence-corrected chi connectivity index (χ3v) is 6.24. The molecule has 2 rings (SSSR count). The quantitative estimate of drug-likeness (QED) is 0.518. The number of rotatable bonds is 10. The van der Waals surface area contributed by atoms with Crippen LogP contribution >= 0.6 is 0 Å². The maximum atomic E-state index is 12.5. The van der Waals surface area contributed by atoms with Crippen molar-refractivity contribution in [3.63, 3.8) is 0 Å². The van der Waals surface area contributed by atoms with Crippen LogP contribution in [-0.4, -0.2) is 32.1 Å². The van der Waals surface area contributed by atoms with E-state index in [4.69, 9.17) is 0 Å². The van der Waals surface area contributed by atoms with Gasteiger partial charge in [0.25, 0.3) is 0 Å². The number of sulfonamides is 1. The van der Waals surface area contributed by atoms with Crippen LogP contribution in [0, 0.1) is 0 Å². The molecule has 0 fully saturated rings. The van der Waals surface area contributed by atoms with Gasteiger partial charge in [-0.3, -0.25) is 0 Å². The van der Waals surface area contributed by atoms with E-state index in [1.165, 1.54) is 30.2 Å². The fourth-order valence-electron chi connectivity index (χ4n) is 3.32. The molecule has 6 nitrogen and oxygen atoms in total. The molecule has 1 aromatic carbocycles. The summed E-state index contributed by atoms with van der Waals surface area (Å²) in [5.41, 5.74) is 1.70. The summed E-state index contributed by atoms with van der Waals surface area (Å²) in [6.45, 7) is 4.35. The van der Waals surface area contributed by atoms with Crippen LogP contribution in [0.4, 0.5) is 5.69 Å². The van der Waals surface area contributed by atoms with Crippen LogP contribution in [0.2, 0.25) is 0 Å². The fraction of sp³-hybridized carbons (Fsp3) is 0.550. The summed E-state index contributed by atoms with van der Waals surface area (Å²) in [6.07, 6.45) is 9.21. The number of hydrogen-bond donors (Lipinski definition) is 3. The predicted molar refractivity (Wildman–Crippen MR) is 108 cm³/mol. The Kier molecular flexibility index (Phi) is 7.86. The Morgan fingerprint density at radius 3 is 2.70 bits per heavy atom. The van der Waals surface area contributed by atoms with Gasteiger partial charge in [0.1, 0.15) is 0 Å². The molecular weight excluding hydrogens is 364 g/mol. The summed E-state index contributed by atoms with van der Waals surface area (Å²) >= 11 is 0. The molecular formula is C20H30N2O4S. The van der Waals surface area contributed by atoms with Crippen LogP contribution in [0.1, 0.15) is 69.2 Å². The Balaban J connectivity index is 2.10. The number of benzene rings is 1. The third kappa shape index (κ3) is 6.36. The zero-order chi connectivity index (χ0) is 19.9. The van der Waals surface area contributed by atoms with Gasteiger partial charge >= 0.3 is 5.97 Å². The molecule has 3 N–H and O–H groups in total. The molecule has 0 saturated heterocycles. The molecule has 0 bridgehead atoms. The van der Waals surface area contributed by atoms with Crippen molar-refractivity contribution >= 4 is 21.7 Å². The highest BCUT2D eigenvalue weighted by molar-refractivity contribution is 7.89. The number of nitrogens with one attached hydrogen (secondary N) is 2. The van der Waals surface area contributed by atoms with E-state index in [1.54, 1.807) is 0 Å². The molecule has 1 atom stereocenters. The van der Waals surface area contributed by atoms with Crippen molar-refractivity contribution in [3.05, 3.63) is 35.4 Å². The molecule has 0 radical (unpaired) electrons. The van der Waals surface area contributed by atoms with Crippen molar-refractivity contribution < 1.29 is 18.3 Å². The van der Waals surface area contributed by atoms with Crippen molar-refractivity contribution in [2.75, 3.05) is 11.9 Å². The number of carboxylic acids is 1. The van der Waals surface area contributed by atoms with Crippen molar-refractivity contribution in [2.45, 2.75) is 69.7 Å². The first-order valence-electron chi connectivity index (χ1n) is 9.65. The minimum absolute atomic E-state index is 0.0220. The van der Waals surface area contributed by atoms with Crippen LogP contribution < -0.4 is 10.0 Å². The lowest BCUT2D eigenvalue weighted by atomic mass is 9.97. The van der Waals surface area contributed by atoms with Gasteiger partial charge in [0.2, 0.25) is 10.0 Å². The summed E-state index contributed by atoms with van der Waals surface area (Å²) in [5.74, 6) is -1.15. The van der Waals surface area contributed by atoms with E-state index in [0.29, 0.717) is 18.7 Å². The molecule has 1 aliphatic carbocycles. The van der Waals surface area contributed by atoms with Crippen molar-refractivity contribution in [2.24, 2.45) is 0 Å². The SMILES string of the molecule is CCC[C@H](C)Nc1ccc(S(=O)(=O)NCCC2=CCCCC2)cc1C(=O)O. The minimum Gasteiger partial charge on any atom is -0.478 e. The van der Waals surface area contributed by atoms with E-state index in [9.17, 15) is 18.3 Å². The van der Waals surface area contributed by atoms with E-state index < -0.39 is 16.0 Å². The number of carbonyl (C=O) groups is 1. The highest BCUT2D eigenvalue weighted by Gasteiger charge is 2.19. The maximum absolute atomic E-state index is 12.5. The number of carboxylic acid groups (broad SMARTS) is 1. The molecule has 0 unspecified atom stereocenters. The maximum Gasteiger partial charge on any atom is 0.337 e. The molecule has 0 aliphatic heterocycles. The predicted octanol–water partition coefficient (Wildman–Crippen LogP) is 4.15. The molecule has 1 aliphatic rings. The van der Waals surface area contributed by atoms with Crippen LogP contribution in [0.3, 0.4) is 0 Å². The number of anilines is 1. The van der Waals surface area contributed by atoms with E-state index in [0.717, 1.165) is 32.1 Å². The standard InChI is InChI=1S/C20H30N2O4S/c1-3-7-15(2)22-19-11-10-17(14-18(19)20(23)24)27(25,26)21-13-12-16-8-5-4-6-9-16/h8,10-11,14-15,21-22H,3-7,9,12-13H2,1-2H3,(H,23,24)/t15-/m0/s1. The summed E-state index contributed by atoms with van der Waals surface area (Å²) in [7, 11) is -3.74. The summed E-state index contributed by atoms with van der Waals surface area (Å²) < 4.78 is 27.7. The Morgan fingerprint density at radius 2 is 2.07 bits per heavy atom. The first-order valence-corrected chi connectivity index (χ1v) is 11.1. The minimum atomic E-state index is -3.74. The summed E-state index contributed by atoms with van der Waals surface area (Å²) in [4.78, 5) is 11.6. The lowest BCUT2D eigenvalue weighted by Gasteiger charge is -2.17. The van der Waals surface area contributed by atoms with Gasteiger partial charge in [-0.15, -0.1) is 0 Å². The Morgan fingerprint density at radius 1 is 1.30 bits per heavy atom. The average Bonchev–Trinajstić information content (AvgIpc) is 2.62. The van der Waals surface area contributed by atoms with E-state index in [-0.39, 0.29) is 16.5 Å². The molecule has 0 heterocycles. The number of aromatic carboxylic acids is 1. The zero-order valence-corrected chi connectivity index (χ0v) is 16.9. The monoisotopic (exact) mass is 394 g/mol. The largest absolute Gasteiger partial charge is 0.478 e. The lowest BCUT2D eigenvalue weighted by Crippen LogP contribution is -2.26. The smallest absolute Gasteiger partial charge is 0.337 e. The van der Waals surface area contributed by atoms with Gasteiger partial charge in [-0.05, 0) is 63.6 Å². The Labute approximate surface area is 162 Å². The summed E-state index contributed by atoms with van der Waals surface area (Å²) in [5, 5.41) is 12.6. The van der Waals surface area contributed by atoms with Crippen molar-refractivity contribution in [1.29, 1.82) is 0 Å². The van der Waals surface area contributed by atoms with Gasteiger partial charge in [-0.1, -0.05) is 25.0 Å². The highest BCUT2D eigenvalue weighted by atomic mass is 32.2. The normalized spacial score (nSPS) is 15.9.